The molecule has 1 aromatic rings. The Bertz CT molecular complexity index is 581. The molecule has 2 N–H and O–H groups in total. The van der Waals surface area contributed by atoms with E-state index in [0.717, 1.165) is 6.42 Å². The van der Waals surface area contributed by atoms with Gasteiger partial charge in [0.05, 0.1) is 12.1 Å². The van der Waals surface area contributed by atoms with E-state index >= 15 is 0 Å². The van der Waals surface area contributed by atoms with Crippen molar-refractivity contribution in [3.8, 4) is 0 Å². The number of hydrogen-bond acceptors (Lipinski definition) is 4. The third-order valence-corrected chi connectivity index (χ3v) is 3.51. The second-order valence-electron chi connectivity index (χ2n) is 5.22. The maximum absolute atomic E-state index is 11.9. The Balaban J connectivity index is 3.07. The van der Waals surface area contributed by atoms with Gasteiger partial charge in [0, 0.05) is 31.9 Å². The summed E-state index contributed by atoms with van der Waals surface area (Å²) < 4.78 is 1.41. The molecule has 0 aromatic carbocycles. The van der Waals surface area contributed by atoms with Gasteiger partial charge in [0.25, 0.3) is 5.56 Å². The van der Waals surface area contributed by atoms with Crippen molar-refractivity contribution in [3.05, 3.63) is 58.4 Å². The summed E-state index contributed by atoms with van der Waals surface area (Å²) in [6, 6.07) is 1.04. The lowest BCUT2D eigenvalue weighted by atomic mass is 10.0. The molecule has 22 heavy (non-hydrogen) atoms. The third-order valence-electron chi connectivity index (χ3n) is 3.51. The van der Waals surface area contributed by atoms with Crippen molar-refractivity contribution in [3.63, 3.8) is 0 Å². The van der Waals surface area contributed by atoms with Gasteiger partial charge in [-0.2, -0.15) is 0 Å². The van der Waals surface area contributed by atoms with Crippen LogP contribution in [0.3, 0.4) is 0 Å². The lowest BCUT2D eigenvalue weighted by molar-refractivity contribution is 0.0443. The molecule has 2 atom stereocenters. The van der Waals surface area contributed by atoms with Crippen LogP contribution in [0.25, 0.3) is 0 Å². The number of aromatic amines is 1. The minimum Gasteiger partial charge on any atom is -0.391 e. The van der Waals surface area contributed by atoms with Gasteiger partial charge in [0.1, 0.15) is 0 Å². The monoisotopic (exact) mass is 307 g/mol. The first-order valence-electron chi connectivity index (χ1n) is 7.47. The van der Waals surface area contributed by atoms with Gasteiger partial charge < -0.3 is 5.11 Å². The van der Waals surface area contributed by atoms with Crippen LogP contribution in [0.15, 0.2) is 47.2 Å². The van der Waals surface area contributed by atoms with Gasteiger partial charge in [0.2, 0.25) is 0 Å². The summed E-state index contributed by atoms with van der Waals surface area (Å²) in [5.41, 5.74) is -0.903. The lowest BCUT2D eigenvalue weighted by Gasteiger charge is -2.33. The van der Waals surface area contributed by atoms with Gasteiger partial charge in [0.15, 0.2) is 0 Å². The maximum atomic E-state index is 11.9. The van der Waals surface area contributed by atoms with E-state index in [9.17, 15) is 14.7 Å². The molecule has 0 bridgehead atoms. The zero-order valence-electron chi connectivity index (χ0n) is 13.1. The molecule has 0 aliphatic carbocycles. The molecule has 122 valence electrons. The number of nitrogens with zero attached hydrogens (tertiary/aromatic N) is 2. The molecule has 1 aromatic heterocycles. The molecule has 6 heteroatoms. The molecule has 0 fully saturated rings. The lowest BCUT2D eigenvalue weighted by Crippen LogP contribution is -2.48. The van der Waals surface area contributed by atoms with E-state index in [4.69, 9.17) is 0 Å². The van der Waals surface area contributed by atoms with E-state index < -0.39 is 17.4 Å². The molecule has 0 saturated heterocycles. The summed E-state index contributed by atoms with van der Waals surface area (Å²) in [5.74, 6) is 0. The summed E-state index contributed by atoms with van der Waals surface area (Å²) >= 11 is 0. The van der Waals surface area contributed by atoms with Crippen LogP contribution in [0, 0.1) is 0 Å². The number of aromatic nitrogens is 2. The number of H-pyrrole nitrogens is 1. The molecule has 0 amide bonds. The van der Waals surface area contributed by atoms with Crippen LogP contribution in [0.4, 0.5) is 0 Å². The second kappa shape index (κ2) is 9.17. The summed E-state index contributed by atoms with van der Waals surface area (Å²) in [6.07, 6.45) is 5.85. The average molecular weight is 307 g/mol. The normalized spacial score (nSPS) is 13.8. The Kier molecular flexibility index (Phi) is 7.56. The van der Waals surface area contributed by atoms with Crippen molar-refractivity contribution in [2.24, 2.45) is 0 Å². The highest BCUT2D eigenvalue weighted by molar-refractivity contribution is 4.90. The van der Waals surface area contributed by atoms with E-state index in [2.05, 4.69) is 18.1 Å². The van der Waals surface area contributed by atoms with Crippen LogP contribution in [-0.2, 0) is 6.54 Å². The van der Waals surface area contributed by atoms with Crippen LogP contribution in [0.1, 0.15) is 19.8 Å². The van der Waals surface area contributed by atoms with Gasteiger partial charge in [-0.1, -0.05) is 25.5 Å². The largest absolute Gasteiger partial charge is 0.391 e. The van der Waals surface area contributed by atoms with Crippen LogP contribution in [0.5, 0.6) is 0 Å². The quantitative estimate of drug-likeness (QED) is 0.625. The van der Waals surface area contributed by atoms with E-state index in [1.54, 1.807) is 12.2 Å². The predicted molar refractivity (Wildman–Crippen MR) is 88.0 cm³/mol. The van der Waals surface area contributed by atoms with E-state index in [-0.39, 0.29) is 6.04 Å². The van der Waals surface area contributed by atoms with Crippen LogP contribution in [0.2, 0.25) is 0 Å². The summed E-state index contributed by atoms with van der Waals surface area (Å²) in [7, 11) is 0. The first-order chi connectivity index (χ1) is 10.5. The summed E-state index contributed by atoms with van der Waals surface area (Å²) in [4.78, 5) is 27.3. The van der Waals surface area contributed by atoms with E-state index in [1.165, 1.54) is 16.8 Å². The van der Waals surface area contributed by atoms with Crippen molar-refractivity contribution in [1.29, 1.82) is 0 Å². The molecule has 0 radical (unpaired) electrons. The number of aliphatic hydroxyl groups is 1. The third kappa shape index (κ3) is 5.13. The molecule has 0 aliphatic heterocycles. The number of aliphatic hydroxyl groups excluding tert-OH is 1. The van der Waals surface area contributed by atoms with Gasteiger partial charge in [-0.25, -0.2) is 4.79 Å². The molecule has 0 spiro atoms. The average Bonchev–Trinajstić information content (AvgIpc) is 2.46. The topological polar surface area (TPSA) is 78.3 Å². The first kappa shape index (κ1) is 18.1. The second-order valence-corrected chi connectivity index (χ2v) is 5.22. The predicted octanol–water partition coefficient (Wildman–Crippen LogP) is 0.740. The SMILES string of the molecule is C=CCN(CC=C)[C@H](Cn1ccc(=O)[nH]c1=O)[C@@H](O)CCC. The molecule has 0 unspecified atom stereocenters. The van der Waals surface area contributed by atoms with Crippen molar-refractivity contribution in [1.82, 2.24) is 14.5 Å². The molecule has 0 aliphatic rings. The van der Waals surface area contributed by atoms with Crippen molar-refractivity contribution in [2.75, 3.05) is 13.1 Å². The van der Waals surface area contributed by atoms with Gasteiger partial charge >= 0.3 is 5.69 Å². The highest BCUT2D eigenvalue weighted by atomic mass is 16.3. The zero-order chi connectivity index (χ0) is 16.5. The summed E-state index contributed by atoms with van der Waals surface area (Å²) in [6.45, 7) is 10.9. The fourth-order valence-electron chi connectivity index (χ4n) is 2.44. The standard InChI is InChI=1S/C16H25N3O3/c1-4-7-14(20)13(18(9-5-2)10-6-3)12-19-11-8-15(21)17-16(19)22/h5-6,8,11,13-14,20H,2-4,7,9-10,12H2,1H3,(H,17,21,22)/t13-,14+/m1/s1. The van der Waals surface area contributed by atoms with E-state index in [0.29, 0.717) is 26.1 Å². The Morgan fingerprint density at radius 2 is 2.00 bits per heavy atom. The highest BCUT2D eigenvalue weighted by Crippen LogP contribution is 2.12. The smallest absolute Gasteiger partial charge is 0.328 e. The Morgan fingerprint density at radius 1 is 1.36 bits per heavy atom. The number of nitrogens with one attached hydrogen (secondary N) is 1. The van der Waals surface area contributed by atoms with Crippen molar-refractivity contribution < 1.29 is 5.11 Å². The van der Waals surface area contributed by atoms with Gasteiger partial charge in [-0.15, -0.1) is 13.2 Å². The Hall–Kier alpha value is -1.92. The Morgan fingerprint density at radius 3 is 2.50 bits per heavy atom. The molecule has 0 saturated carbocycles. The minimum absolute atomic E-state index is 0.264. The van der Waals surface area contributed by atoms with E-state index in [1.807, 2.05) is 11.8 Å². The maximum Gasteiger partial charge on any atom is 0.328 e. The molecular formula is C16H25N3O3. The Labute approximate surface area is 130 Å². The fourth-order valence-corrected chi connectivity index (χ4v) is 2.44. The first-order valence-corrected chi connectivity index (χ1v) is 7.47. The molecule has 6 nitrogen and oxygen atoms in total. The molecule has 1 heterocycles. The minimum atomic E-state index is -0.580. The van der Waals surface area contributed by atoms with Crippen molar-refractivity contribution >= 4 is 0 Å². The van der Waals surface area contributed by atoms with Crippen LogP contribution in [-0.4, -0.2) is 44.8 Å². The van der Waals surface area contributed by atoms with Crippen LogP contribution >= 0.6 is 0 Å². The number of rotatable bonds is 10. The van der Waals surface area contributed by atoms with Gasteiger partial charge in [-0.05, 0) is 6.42 Å². The molecule has 1 rings (SSSR count). The molecular weight excluding hydrogens is 282 g/mol. The highest BCUT2D eigenvalue weighted by Gasteiger charge is 2.25. The summed E-state index contributed by atoms with van der Waals surface area (Å²) in [5, 5.41) is 10.4. The zero-order valence-corrected chi connectivity index (χ0v) is 13.1. The van der Waals surface area contributed by atoms with Crippen molar-refractivity contribution in [2.45, 2.75) is 38.5 Å². The number of hydrogen-bond donors (Lipinski definition) is 2. The van der Waals surface area contributed by atoms with Gasteiger partial charge in [-0.3, -0.25) is 19.2 Å². The van der Waals surface area contributed by atoms with Crippen LogP contribution < -0.4 is 11.2 Å². The fraction of sp³-hybridized carbons (Fsp3) is 0.500.